The second-order valence-corrected chi connectivity index (χ2v) is 7.28. The summed E-state index contributed by atoms with van der Waals surface area (Å²) < 4.78 is 6.94. The van der Waals surface area contributed by atoms with E-state index < -0.39 is 11.7 Å². The second kappa shape index (κ2) is 7.19. The molecule has 0 radical (unpaired) electrons. The Morgan fingerprint density at radius 1 is 1.15 bits per heavy atom. The highest BCUT2D eigenvalue weighted by molar-refractivity contribution is 5.78. The van der Waals surface area contributed by atoms with Crippen LogP contribution in [0.1, 0.15) is 20.8 Å². The molecule has 0 unspecified atom stereocenters. The number of pyridine rings is 1. The zero-order valence-electron chi connectivity index (χ0n) is 15.4. The highest BCUT2D eigenvalue weighted by Crippen LogP contribution is 2.23. The van der Waals surface area contributed by atoms with Gasteiger partial charge in [-0.2, -0.15) is 0 Å². The van der Waals surface area contributed by atoms with Crippen LogP contribution in [-0.2, 0) is 9.53 Å². The minimum Gasteiger partial charge on any atom is -0.443 e. The molecule has 3 rings (SSSR count). The molecule has 1 fully saturated rings. The average Bonchev–Trinajstić information content (AvgIpc) is 3.10. The Labute approximate surface area is 153 Å². The van der Waals surface area contributed by atoms with E-state index in [-0.39, 0.29) is 0 Å². The smallest absolute Gasteiger partial charge is 0.418 e. The summed E-state index contributed by atoms with van der Waals surface area (Å²) >= 11 is 0. The fourth-order valence-corrected chi connectivity index (χ4v) is 2.87. The number of hydrogen-bond donors (Lipinski definition) is 0. The maximum absolute atomic E-state index is 12.4. The Hall–Kier alpha value is -2.83. The molecule has 7 nitrogen and oxygen atoms in total. The van der Waals surface area contributed by atoms with Crippen molar-refractivity contribution in [2.24, 2.45) is 0 Å². The third-order valence-corrected chi connectivity index (χ3v) is 4.17. The summed E-state index contributed by atoms with van der Waals surface area (Å²) in [6.45, 7) is 8.46. The van der Waals surface area contributed by atoms with Crippen molar-refractivity contribution in [1.29, 1.82) is 0 Å². The number of amides is 1. The molecule has 0 atom stereocenters. The maximum Gasteiger partial charge on any atom is 0.418 e. The van der Waals surface area contributed by atoms with Crippen molar-refractivity contribution in [2.75, 3.05) is 31.1 Å². The van der Waals surface area contributed by atoms with Crippen LogP contribution >= 0.6 is 0 Å². The molecule has 0 spiro atoms. The van der Waals surface area contributed by atoms with Gasteiger partial charge >= 0.3 is 6.09 Å². The van der Waals surface area contributed by atoms with E-state index in [4.69, 9.17) is 4.74 Å². The van der Waals surface area contributed by atoms with E-state index in [0.717, 1.165) is 36.6 Å². The predicted molar refractivity (Wildman–Crippen MR) is 99.1 cm³/mol. The van der Waals surface area contributed by atoms with Crippen LogP contribution in [0.4, 0.5) is 10.6 Å². The van der Waals surface area contributed by atoms with Crippen LogP contribution in [-0.4, -0.2) is 58.7 Å². The van der Waals surface area contributed by atoms with E-state index in [9.17, 15) is 9.59 Å². The summed E-state index contributed by atoms with van der Waals surface area (Å²) in [5, 5.41) is 0. The van der Waals surface area contributed by atoms with E-state index in [1.54, 1.807) is 17.3 Å². The number of carbonyl (C=O) groups excluding carboxylic acids is 2. The van der Waals surface area contributed by atoms with Gasteiger partial charge in [-0.3, -0.25) is 9.36 Å². The molecule has 3 heterocycles. The molecule has 0 aliphatic carbocycles. The lowest BCUT2D eigenvalue weighted by Gasteiger charge is -2.33. The topological polar surface area (TPSA) is 67.7 Å². The molecule has 0 bridgehead atoms. The molecule has 138 valence electrons. The molecule has 2 aromatic heterocycles. The summed E-state index contributed by atoms with van der Waals surface area (Å²) in [4.78, 5) is 31.6. The third-order valence-electron chi connectivity index (χ3n) is 4.17. The number of piperazine rings is 1. The Kier molecular flexibility index (Phi) is 4.97. The first-order valence-electron chi connectivity index (χ1n) is 8.69. The zero-order valence-corrected chi connectivity index (χ0v) is 15.4. The van der Waals surface area contributed by atoms with E-state index >= 15 is 0 Å². The first-order valence-corrected chi connectivity index (χ1v) is 8.69. The summed E-state index contributed by atoms with van der Waals surface area (Å²) in [7, 11) is 0. The molecule has 1 aliphatic heterocycles. The van der Waals surface area contributed by atoms with Gasteiger partial charge in [-0.15, -0.1) is 0 Å². The standard InChI is InChI=1S/C19H24N4O3/c1-19(2,3)26-18(25)23-8-4-5-16(23)15-6-7-17(20-13-15)22-11-9-21(14-24)10-12-22/h4-8,13-14H,9-12H2,1-3H3. The van der Waals surface area contributed by atoms with Crippen molar-refractivity contribution in [3.8, 4) is 11.3 Å². The molecule has 0 N–H and O–H groups in total. The Balaban J connectivity index is 1.75. The van der Waals surface area contributed by atoms with Crippen LogP contribution < -0.4 is 4.90 Å². The zero-order chi connectivity index (χ0) is 18.7. The number of carbonyl (C=O) groups is 2. The van der Waals surface area contributed by atoms with Gasteiger partial charge in [0.2, 0.25) is 6.41 Å². The molecule has 1 saturated heterocycles. The lowest BCUT2D eigenvalue weighted by Crippen LogP contribution is -2.46. The average molecular weight is 356 g/mol. The highest BCUT2D eigenvalue weighted by Gasteiger charge is 2.20. The number of anilines is 1. The van der Waals surface area contributed by atoms with Crippen molar-refractivity contribution < 1.29 is 14.3 Å². The number of rotatable bonds is 3. The number of aromatic nitrogens is 2. The maximum atomic E-state index is 12.4. The lowest BCUT2D eigenvalue weighted by atomic mass is 10.2. The minimum absolute atomic E-state index is 0.411. The Morgan fingerprint density at radius 3 is 2.46 bits per heavy atom. The van der Waals surface area contributed by atoms with Gasteiger partial charge in [-0.25, -0.2) is 9.78 Å². The van der Waals surface area contributed by atoms with Crippen molar-refractivity contribution in [3.05, 3.63) is 36.7 Å². The van der Waals surface area contributed by atoms with Gasteiger partial charge in [0.1, 0.15) is 11.4 Å². The van der Waals surface area contributed by atoms with Crippen LogP contribution in [0.2, 0.25) is 0 Å². The largest absolute Gasteiger partial charge is 0.443 e. The second-order valence-electron chi connectivity index (χ2n) is 7.28. The fraction of sp³-hybridized carbons (Fsp3) is 0.421. The summed E-state index contributed by atoms with van der Waals surface area (Å²) in [6, 6.07) is 7.57. The molecule has 1 aliphatic rings. The normalized spacial score (nSPS) is 15.0. The summed E-state index contributed by atoms with van der Waals surface area (Å²) in [6.07, 6.45) is 3.93. The van der Waals surface area contributed by atoms with Crippen LogP contribution in [0.5, 0.6) is 0 Å². The molecule has 1 amide bonds. The Bertz CT molecular complexity index is 769. The third kappa shape index (κ3) is 4.04. The molecule has 0 saturated carbocycles. The first kappa shape index (κ1) is 18.0. The van der Waals surface area contributed by atoms with Gasteiger partial charge < -0.3 is 14.5 Å². The quantitative estimate of drug-likeness (QED) is 0.791. The van der Waals surface area contributed by atoms with E-state index in [1.807, 2.05) is 45.0 Å². The van der Waals surface area contributed by atoms with Gasteiger partial charge in [-0.1, -0.05) is 0 Å². The predicted octanol–water partition coefficient (Wildman–Crippen LogP) is 2.61. The molecule has 26 heavy (non-hydrogen) atoms. The molecule has 0 aromatic carbocycles. The summed E-state index contributed by atoms with van der Waals surface area (Å²) in [5.74, 6) is 0.870. The van der Waals surface area contributed by atoms with Crippen molar-refractivity contribution in [2.45, 2.75) is 26.4 Å². The molecule has 7 heteroatoms. The summed E-state index contributed by atoms with van der Waals surface area (Å²) in [5.41, 5.74) is 1.03. The lowest BCUT2D eigenvalue weighted by molar-refractivity contribution is -0.118. The van der Waals surface area contributed by atoms with Crippen LogP contribution in [0.25, 0.3) is 11.3 Å². The SMILES string of the molecule is CC(C)(C)OC(=O)n1cccc1-c1ccc(N2CCN(C=O)CC2)nc1. The number of nitrogens with zero attached hydrogens (tertiary/aromatic N) is 4. The van der Waals surface area contributed by atoms with Crippen molar-refractivity contribution in [3.63, 3.8) is 0 Å². The van der Waals surface area contributed by atoms with Gasteiger partial charge in [0.15, 0.2) is 0 Å². The van der Waals surface area contributed by atoms with E-state index in [2.05, 4.69) is 9.88 Å². The number of ether oxygens (including phenoxy) is 1. The monoisotopic (exact) mass is 356 g/mol. The number of hydrogen-bond acceptors (Lipinski definition) is 5. The van der Waals surface area contributed by atoms with Crippen LogP contribution in [0.3, 0.4) is 0 Å². The van der Waals surface area contributed by atoms with E-state index in [1.165, 1.54) is 4.57 Å². The van der Waals surface area contributed by atoms with Crippen molar-refractivity contribution >= 4 is 18.3 Å². The van der Waals surface area contributed by atoms with Gasteiger partial charge in [0, 0.05) is 44.1 Å². The van der Waals surface area contributed by atoms with Crippen molar-refractivity contribution in [1.82, 2.24) is 14.5 Å². The Morgan fingerprint density at radius 2 is 1.88 bits per heavy atom. The minimum atomic E-state index is -0.551. The van der Waals surface area contributed by atoms with Crippen LogP contribution in [0, 0.1) is 0 Å². The fourth-order valence-electron chi connectivity index (χ4n) is 2.87. The first-order chi connectivity index (χ1) is 12.4. The van der Waals surface area contributed by atoms with E-state index in [0.29, 0.717) is 13.1 Å². The molecule has 2 aromatic rings. The highest BCUT2D eigenvalue weighted by atomic mass is 16.6. The molecular weight excluding hydrogens is 332 g/mol. The molecular formula is C19H24N4O3. The van der Waals surface area contributed by atoms with Gasteiger partial charge in [0.05, 0.1) is 5.69 Å². The van der Waals surface area contributed by atoms with Gasteiger partial charge in [0.25, 0.3) is 0 Å². The van der Waals surface area contributed by atoms with Crippen LogP contribution in [0.15, 0.2) is 36.7 Å². The van der Waals surface area contributed by atoms with Gasteiger partial charge in [-0.05, 0) is 45.0 Å².